The smallest absolute Gasteiger partial charge is 0.141 e. The van der Waals surface area contributed by atoms with Crippen LogP contribution in [0.2, 0.25) is 0 Å². The number of nitrogens with two attached hydrogens (primary N) is 1. The zero-order valence-electron chi connectivity index (χ0n) is 10.4. The Morgan fingerprint density at radius 1 is 1.35 bits per heavy atom. The van der Waals surface area contributed by atoms with Crippen LogP contribution in [0.15, 0.2) is 24.5 Å². The largest absolute Gasteiger partial charge is 0.495 e. The molecule has 0 atom stereocenters. The molecule has 1 aromatic carbocycles. The summed E-state index contributed by atoms with van der Waals surface area (Å²) in [5, 5.41) is 0. The van der Waals surface area contributed by atoms with Gasteiger partial charge in [-0.05, 0) is 31.5 Å². The van der Waals surface area contributed by atoms with Crippen LogP contribution in [0.3, 0.4) is 0 Å². The number of benzene rings is 1. The lowest BCUT2D eigenvalue weighted by Crippen LogP contribution is -2.02. The number of imidazole rings is 1. The predicted molar refractivity (Wildman–Crippen MR) is 68.2 cm³/mol. The molecular formula is C13H17N3O. The average Bonchev–Trinajstić information content (AvgIpc) is 2.61. The highest BCUT2D eigenvalue weighted by atomic mass is 16.5. The Morgan fingerprint density at radius 2 is 2.12 bits per heavy atom. The molecule has 0 fully saturated rings. The molecule has 2 rings (SSSR count). The molecule has 0 aliphatic carbocycles. The summed E-state index contributed by atoms with van der Waals surface area (Å²) in [6.45, 7) is 4.85. The second kappa shape index (κ2) is 4.49. The maximum atomic E-state index is 5.88. The molecule has 0 aliphatic rings. The number of aromatic nitrogens is 2. The summed E-state index contributed by atoms with van der Waals surface area (Å²) in [5.41, 5.74) is 9.93. The number of aryl methyl sites for hydroxylation is 1. The van der Waals surface area contributed by atoms with Crippen molar-refractivity contribution in [1.29, 1.82) is 0 Å². The van der Waals surface area contributed by atoms with Crippen LogP contribution in [0.4, 0.5) is 5.69 Å². The Labute approximate surface area is 101 Å². The zero-order valence-corrected chi connectivity index (χ0v) is 10.4. The quantitative estimate of drug-likeness (QED) is 0.823. The van der Waals surface area contributed by atoms with E-state index in [1.54, 1.807) is 7.11 Å². The number of ether oxygens (including phenoxy) is 1. The number of nitrogens with zero attached hydrogens (tertiary/aromatic N) is 2. The summed E-state index contributed by atoms with van der Waals surface area (Å²) >= 11 is 0. The van der Waals surface area contributed by atoms with Crippen molar-refractivity contribution in [3.8, 4) is 5.75 Å². The van der Waals surface area contributed by atoms with Crippen molar-refractivity contribution in [3.63, 3.8) is 0 Å². The molecule has 4 nitrogen and oxygen atoms in total. The SMILES string of the molecule is COc1ccc(Cn2cnc(C)c2C)cc1N. The molecule has 2 N–H and O–H groups in total. The van der Waals surface area contributed by atoms with Crippen LogP contribution >= 0.6 is 0 Å². The van der Waals surface area contributed by atoms with Gasteiger partial charge in [0.05, 0.1) is 24.8 Å². The second-order valence-electron chi connectivity index (χ2n) is 4.12. The van der Waals surface area contributed by atoms with Gasteiger partial charge in [0.15, 0.2) is 0 Å². The Bertz CT molecular complexity index is 531. The van der Waals surface area contributed by atoms with Crippen LogP contribution in [-0.4, -0.2) is 16.7 Å². The highest BCUT2D eigenvalue weighted by Crippen LogP contribution is 2.22. The minimum atomic E-state index is 0.666. The molecular weight excluding hydrogens is 214 g/mol. The first-order valence-corrected chi connectivity index (χ1v) is 5.52. The van der Waals surface area contributed by atoms with Crippen LogP contribution in [0.5, 0.6) is 5.75 Å². The Hall–Kier alpha value is -1.97. The Kier molecular flexibility index (Phi) is 3.04. The first-order valence-electron chi connectivity index (χ1n) is 5.52. The van der Waals surface area contributed by atoms with E-state index < -0.39 is 0 Å². The van der Waals surface area contributed by atoms with Crippen molar-refractivity contribution in [1.82, 2.24) is 9.55 Å². The third-order valence-electron chi connectivity index (χ3n) is 2.99. The van der Waals surface area contributed by atoms with E-state index in [-0.39, 0.29) is 0 Å². The lowest BCUT2D eigenvalue weighted by Gasteiger charge is -2.09. The van der Waals surface area contributed by atoms with E-state index in [0.29, 0.717) is 11.4 Å². The highest BCUT2D eigenvalue weighted by molar-refractivity contribution is 5.54. The predicted octanol–water partition coefficient (Wildman–Crippen LogP) is 2.14. The normalized spacial score (nSPS) is 10.5. The molecule has 1 aromatic heterocycles. The van der Waals surface area contributed by atoms with Gasteiger partial charge in [0, 0.05) is 12.2 Å². The van der Waals surface area contributed by atoms with E-state index in [9.17, 15) is 0 Å². The molecule has 0 saturated heterocycles. The minimum absolute atomic E-state index is 0.666. The molecule has 90 valence electrons. The summed E-state index contributed by atoms with van der Waals surface area (Å²) < 4.78 is 7.24. The molecule has 1 heterocycles. The average molecular weight is 231 g/mol. The fraction of sp³-hybridized carbons (Fsp3) is 0.308. The maximum absolute atomic E-state index is 5.88. The summed E-state index contributed by atoms with van der Waals surface area (Å²) in [5.74, 6) is 0.715. The topological polar surface area (TPSA) is 53.1 Å². The third-order valence-corrected chi connectivity index (χ3v) is 2.99. The first-order chi connectivity index (χ1) is 8.11. The number of nitrogen functional groups attached to an aromatic ring is 1. The van der Waals surface area contributed by atoms with Gasteiger partial charge in [0.1, 0.15) is 5.75 Å². The number of methoxy groups -OCH3 is 1. The third kappa shape index (κ3) is 2.25. The molecule has 2 aromatic rings. The lowest BCUT2D eigenvalue weighted by atomic mass is 10.2. The van der Waals surface area contributed by atoms with Gasteiger partial charge in [-0.15, -0.1) is 0 Å². The summed E-state index contributed by atoms with van der Waals surface area (Å²) in [6, 6.07) is 5.85. The van der Waals surface area contributed by atoms with E-state index in [4.69, 9.17) is 10.5 Å². The monoisotopic (exact) mass is 231 g/mol. The number of hydrogen-bond acceptors (Lipinski definition) is 3. The molecule has 0 amide bonds. The van der Waals surface area contributed by atoms with Crippen molar-refractivity contribution in [3.05, 3.63) is 41.5 Å². The van der Waals surface area contributed by atoms with E-state index >= 15 is 0 Å². The fourth-order valence-corrected chi connectivity index (χ4v) is 1.78. The lowest BCUT2D eigenvalue weighted by molar-refractivity contribution is 0.417. The van der Waals surface area contributed by atoms with Gasteiger partial charge >= 0.3 is 0 Å². The molecule has 0 radical (unpaired) electrons. The van der Waals surface area contributed by atoms with Crippen molar-refractivity contribution < 1.29 is 4.74 Å². The fourth-order valence-electron chi connectivity index (χ4n) is 1.78. The van der Waals surface area contributed by atoms with E-state index in [1.165, 1.54) is 5.69 Å². The molecule has 0 bridgehead atoms. The maximum Gasteiger partial charge on any atom is 0.141 e. The van der Waals surface area contributed by atoms with Gasteiger partial charge in [-0.2, -0.15) is 0 Å². The van der Waals surface area contributed by atoms with Crippen LogP contribution in [0, 0.1) is 13.8 Å². The summed E-state index contributed by atoms with van der Waals surface area (Å²) in [7, 11) is 1.62. The first kappa shape index (κ1) is 11.5. The van der Waals surface area contributed by atoms with E-state index in [0.717, 1.165) is 17.8 Å². The summed E-state index contributed by atoms with van der Waals surface area (Å²) in [6.07, 6.45) is 1.85. The van der Waals surface area contributed by atoms with Crippen LogP contribution in [-0.2, 0) is 6.54 Å². The van der Waals surface area contributed by atoms with Gasteiger partial charge in [0.25, 0.3) is 0 Å². The van der Waals surface area contributed by atoms with Crippen molar-refractivity contribution >= 4 is 5.69 Å². The van der Waals surface area contributed by atoms with Crippen molar-refractivity contribution in [2.24, 2.45) is 0 Å². The van der Waals surface area contributed by atoms with Gasteiger partial charge in [0.2, 0.25) is 0 Å². The van der Waals surface area contributed by atoms with E-state index in [2.05, 4.69) is 16.5 Å². The Balaban J connectivity index is 2.25. The van der Waals surface area contributed by atoms with Crippen molar-refractivity contribution in [2.75, 3.05) is 12.8 Å². The molecule has 0 unspecified atom stereocenters. The van der Waals surface area contributed by atoms with Gasteiger partial charge in [-0.25, -0.2) is 4.98 Å². The van der Waals surface area contributed by atoms with Gasteiger partial charge in [-0.1, -0.05) is 6.07 Å². The van der Waals surface area contributed by atoms with Crippen molar-refractivity contribution in [2.45, 2.75) is 20.4 Å². The van der Waals surface area contributed by atoms with E-state index in [1.807, 2.05) is 31.5 Å². The number of hydrogen-bond donors (Lipinski definition) is 1. The van der Waals surface area contributed by atoms with Crippen LogP contribution in [0.1, 0.15) is 17.0 Å². The summed E-state index contributed by atoms with van der Waals surface area (Å²) in [4.78, 5) is 4.28. The second-order valence-corrected chi connectivity index (χ2v) is 4.12. The zero-order chi connectivity index (χ0) is 12.4. The molecule has 0 spiro atoms. The van der Waals surface area contributed by atoms with Gasteiger partial charge < -0.3 is 15.0 Å². The standard InChI is InChI=1S/C13H17N3O/c1-9-10(2)16(8-15-9)7-11-4-5-13(17-3)12(14)6-11/h4-6,8H,7,14H2,1-3H3. The Morgan fingerprint density at radius 3 is 2.65 bits per heavy atom. The molecule has 0 aliphatic heterocycles. The van der Waals surface area contributed by atoms with Crippen LogP contribution < -0.4 is 10.5 Å². The molecule has 4 heteroatoms. The molecule has 17 heavy (non-hydrogen) atoms. The number of rotatable bonds is 3. The van der Waals surface area contributed by atoms with Crippen LogP contribution in [0.25, 0.3) is 0 Å². The van der Waals surface area contributed by atoms with Gasteiger partial charge in [-0.3, -0.25) is 0 Å². The highest BCUT2D eigenvalue weighted by Gasteiger charge is 2.05. The number of anilines is 1. The molecule has 0 saturated carbocycles. The minimum Gasteiger partial charge on any atom is -0.495 e.